The van der Waals surface area contributed by atoms with Crippen molar-refractivity contribution < 1.29 is 17.0 Å². The van der Waals surface area contributed by atoms with E-state index in [2.05, 4.69) is 4.72 Å². The van der Waals surface area contributed by atoms with Gasteiger partial charge in [0.2, 0.25) is 10.0 Å². The molecule has 1 unspecified atom stereocenters. The van der Waals surface area contributed by atoms with E-state index in [4.69, 9.17) is 5.73 Å². The van der Waals surface area contributed by atoms with Crippen molar-refractivity contribution in [3.63, 3.8) is 0 Å². The highest BCUT2D eigenvalue weighted by molar-refractivity contribution is 7.89. The Balaban J connectivity index is 2.84. The molecule has 8 heteroatoms. The Labute approximate surface area is 108 Å². The SMILES string of the molecule is CCS(=O)CCNS(=O)(=O)c1c(N)cccc1F. The predicted molar refractivity (Wildman–Crippen MR) is 69.6 cm³/mol. The summed E-state index contributed by atoms with van der Waals surface area (Å²) in [5.74, 6) is -0.271. The topological polar surface area (TPSA) is 89.3 Å². The Morgan fingerprint density at radius 2 is 2.11 bits per heavy atom. The highest BCUT2D eigenvalue weighted by Gasteiger charge is 2.21. The molecular formula is C10H15FN2O3S2. The highest BCUT2D eigenvalue weighted by atomic mass is 32.2. The van der Waals surface area contributed by atoms with Gasteiger partial charge in [0.05, 0.1) is 5.69 Å². The standard InChI is InChI=1S/C10H15FN2O3S2/c1-2-17(14)7-6-13-18(15,16)10-8(11)4-3-5-9(10)12/h3-5,13H,2,6-7,12H2,1H3. The lowest BCUT2D eigenvalue weighted by molar-refractivity contribution is 0.560. The number of nitrogens with two attached hydrogens (primary N) is 1. The molecule has 0 fully saturated rings. The van der Waals surface area contributed by atoms with Gasteiger partial charge in [0, 0.05) is 28.9 Å². The van der Waals surface area contributed by atoms with Crippen molar-refractivity contribution in [2.45, 2.75) is 11.8 Å². The van der Waals surface area contributed by atoms with E-state index < -0.39 is 31.5 Å². The fourth-order valence-corrected chi connectivity index (χ4v) is 3.28. The fourth-order valence-electron chi connectivity index (χ4n) is 1.32. The van der Waals surface area contributed by atoms with Crippen molar-refractivity contribution in [3.8, 4) is 0 Å². The van der Waals surface area contributed by atoms with E-state index in [9.17, 15) is 17.0 Å². The van der Waals surface area contributed by atoms with Crippen molar-refractivity contribution >= 4 is 26.5 Å². The summed E-state index contributed by atoms with van der Waals surface area (Å²) in [5.41, 5.74) is 5.29. The van der Waals surface area contributed by atoms with E-state index in [1.165, 1.54) is 12.1 Å². The summed E-state index contributed by atoms with van der Waals surface area (Å²) in [6, 6.07) is 3.66. The smallest absolute Gasteiger partial charge is 0.245 e. The third kappa shape index (κ3) is 3.76. The third-order valence-electron chi connectivity index (χ3n) is 2.21. The molecule has 1 aromatic rings. The number of nitrogens with one attached hydrogen (secondary N) is 1. The normalized spacial score (nSPS) is 13.4. The average Bonchev–Trinajstić information content (AvgIpc) is 2.27. The van der Waals surface area contributed by atoms with Crippen LogP contribution in [0.15, 0.2) is 23.1 Å². The van der Waals surface area contributed by atoms with E-state index in [1.54, 1.807) is 6.92 Å². The van der Waals surface area contributed by atoms with Gasteiger partial charge in [0.15, 0.2) is 0 Å². The molecule has 102 valence electrons. The first-order chi connectivity index (χ1) is 8.38. The molecule has 0 amide bonds. The minimum absolute atomic E-state index is 0.0173. The van der Waals surface area contributed by atoms with E-state index in [1.807, 2.05) is 0 Å². The Kier molecular flexibility index (Phi) is 5.24. The van der Waals surface area contributed by atoms with E-state index >= 15 is 0 Å². The molecule has 5 nitrogen and oxygen atoms in total. The van der Waals surface area contributed by atoms with Crippen molar-refractivity contribution in [2.24, 2.45) is 0 Å². The number of anilines is 1. The minimum Gasteiger partial charge on any atom is -0.398 e. The van der Waals surface area contributed by atoms with E-state index in [-0.39, 0.29) is 18.0 Å². The van der Waals surface area contributed by atoms with E-state index in [0.717, 1.165) is 6.07 Å². The first kappa shape index (κ1) is 15.1. The molecule has 0 heterocycles. The number of hydrogen-bond donors (Lipinski definition) is 2. The summed E-state index contributed by atoms with van der Waals surface area (Å²) in [5, 5.41) is 0. The lowest BCUT2D eigenvalue weighted by atomic mass is 10.3. The summed E-state index contributed by atoms with van der Waals surface area (Å²) in [6.07, 6.45) is 0. The summed E-state index contributed by atoms with van der Waals surface area (Å²) in [7, 11) is -5.09. The number of rotatable bonds is 6. The number of hydrogen-bond acceptors (Lipinski definition) is 4. The van der Waals surface area contributed by atoms with Crippen molar-refractivity contribution in [1.29, 1.82) is 0 Å². The van der Waals surface area contributed by atoms with Crippen LogP contribution in [0.25, 0.3) is 0 Å². The molecular weight excluding hydrogens is 279 g/mol. The summed E-state index contributed by atoms with van der Waals surface area (Å²) < 4.78 is 50.4. The van der Waals surface area contributed by atoms with E-state index in [0.29, 0.717) is 5.75 Å². The minimum atomic E-state index is -4.01. The third-order valence-corrected chi connectivity index (χ3v) is 5.07. The average molecular weight is 294 g/mol. The number of halogens is 1. The zero-order chi connectivity index (χ0) is 13.8. The second-order valence-electron chi connectivity index (χ2n) is 3.49. The molecule has 0 aromatic heterocycles. The molecule has 0 saturated heterocycles. The molecule has 1 aromatic carbocycles. The Morgan fingerprint density at radius 1 is 1.44 bits per heavy atom. The Hall–Kier alpha value is -0.990. The van der Waals surface area contributed by atoms with Crippen LogP contribution in [-0.2, 0) is 20.8 Å². The Morgan fingerprint density at radius 3 is 2.67 bits per heavy atom. The van der Waals surface area contributed by atoms with Gasteiger partial charge in [-0.15, -0.1) is 0 Å². The quantitative estimate of drug-likeness (QED) is 0.746. The maximum Gasteiger partial charge on any atom is 0.245 e. The van der Waals surface area contributed by atoms with Crippen LogP contribution in [-0.4, -0.2) is 30.7 Å². The fraction of sp³-hybridized carbons (Fsp3) is 0.400. The van der Waals surface area contributed by atoms with Crippen LogP contribution < -0.4 is 10.5 Å². The van der Waals surface area contributed by atoms with Crippen molar-refractivity contribution in [2.75, 3.05) is 23.8 Å². The van der Waals surface area contributed by atoms with Crippen LogP contribution in [0.4, 0.5) is 10.1 Å². The molecule has 0 bridgehead atoms. The van der Waals surface area contributed by atoms with Crippen LogP contribution in [0.5, 0.6) is 0 Å². The van der Waals surface area contributed by atoms with Gasteiger partial charge in [0.1, 0.15) is 10.7 Å². The molecule has 0 saturated carbocycles. The van der Waals surface area contributed by atoms with Gasteiger partial charge in [-0.3, -0.25) is 4.21 Å². The monoisotopic (exact) mass is 294 g/mol. The van der Waals surface area contributed by atoms with Gasteiger partial charge in [-0.2, -0.15) is 0 Å². The summed E-state index contributed by atoms with van der Waals surface area (Å²) >= 11 is 0. The molecule has 3 N–H and O–H groups in total. The maximum absolute atomic E-state index is 13.4. The Bertz CT molecular complexity index is 526. The van der Waals surface area contributed by atoms with Crippen LogP contribution >= 0.6 is 0 Å². The van der Waals surface area contributed by atoms with Gasteiger partial charge < -0.3 is 5.73 Å². The zero-order valence-corrected chi connectivity index (χ0v) is 11.5. The molecule has 1 atom stereocenters. The molecule has 1 rings (SSSR count). The number of sulfonamides is 1. The lowest BCUT2D eigenvalue weighted by Gasteiger charge is -2.09. The lowest BCUT2D eigenvalue weighted by Crippen LogP contribution is -2.29. The van der Waals surface area contributed by atoms with Gasteiger partial charge in [-0.1, -0.05) is 13.0 Å². The van der Waals surface area contributed by atoms with Crippen molar-refractivity contribution in [1.82, 2.24) is 4.72 Å². The van der Waals surface area contributed by atoms with Crippen LogP contribution in [0.3, 0.4) is 0 Å². The molecule has 0 radical (unpaired) electrons. The molecule has 0 aliphatic carbocycles. The molecule has 0 aliphatic heterocycles. The van der Waals surface area contributed by atoms with Gasteiger partial charge in [-0.05, 0) is 12.1 Å². The van der Waals surface area contributed by atoms with Crippen molar-refractivity contribution in [3.05, 3.63) is 24.0 Å². The zero-order valence-electron chi connectivity index (χ0n) is 9.85. The number of nitrogen functional groups attached to an aromatic ring is 1. The number of benzene rings is 1. The predicted octanol–water partition coefficient (Wildman–Crippen LogP) is 0.455. The first-order valence-electron chi connectivity index (χ1n) is 5.27. The highest BCUT2D eigenvalue weighted by Crippen LogP contribution is 2.20. The maximum atomic E-state index is 13.4. The van der Waals surface area contributed by atoms with Crippen LogP contribution in [0.1, 0.15) is 6.92 Å². The van der Waals surface area contributed by atoms with Gasteiger partial charge >= 0.3 is 0 Å². The molecule has 0 spiro atoms. The molecule has 0 aliphatic rings. The molecule has 18 heavy (non-hydrogen) atoms. The van der Waals surface area contributed by atoms with Crippen LogP contribution in [0, 0.1) is 5.82 Å². The van der Waals surface area contributed by atoms with Crippen LogP contribution in [0.2, 0.25) is 0 Å². The largest absolute Gasteiger partial charge is 0.398 e. The van der Waals surface area contributed by atoms with Gasteiger partial charge in [0.25, 0.3) is 0 Å². The summed E-state index contributed by atoms with van der Waals surface area (Å²) in [4.78, 5) is -0.563. The second-order valence-corrected chi connectivity index (χ2v) is 7.06. The first-order valence-corrected chi connectivity index (χ1v) is 8.24. The van der Waals surface area contributed by atoms with Gasteiger partial charge in [-0.25, -0.2) is 17.5 Å². The summed E-state index contributed by atoms with van der Waals surface area (Å²) in [6.45, 7) is 1.72. The second kappa shape index (κ2) is 6.26.